The van der Waals surface area contributed by atoms with Gasteiger partial charge in [0.15, 0.2) is 11.5 Å². The molecule has 5 nitrogen and oxygen atoms in total. The van der Waals surface area contributed by atoms with Gasteiger partial charge in [-0.2, -0.15) is 0 Å². The molecular weight excluding hydrogens is 304 g/mol. The van der Waals surface area contributed by atoms with E-state index in [4.69, 9.17) is 9.47 Å². The zero-order chi connectivity index (χ0) is 13.7. The van der Waals surface area contributed by atoms with Crippen molar-refractivity contribution in [2.75, 3.05) is 20.8 Å². The molecular formula is C12H13BrO5. The first kappa shape index (κ1) is 14.5. The largest absolute Gasteiger partial charge is 0.493 e. The fourth-order valence-corrected chi connectivity index (χ4v) is 1.84. The van der Waals surface area contributed by atoms with Crippen LogP contribution in [0.4, 0.5) is 0 Å². The predicted molar refractivity (Wildman–Crippen MR) is 68.2 cm³/mol. The molecule has 0 N–H and O–H groups in total. The third kappa shape index (κ3) is 3.01. The fourth-order valence-electron chi connectivity index (χ4n) is 1.33. The van der Waals surface area contributed by atoms with Gasteiger partial charge in [-0.05, 0) is 35.0 Å². The van der Waals surface area contributed by atoms with Crippen LogP contribution in [0.5, 0.6) is 11.5 Å². The van der Waals surface area contributed by atoms with Gasteiger partial charge in [0.1, 0.15) is 0 Å². The normalized spacial score (nSPS) is 9.78. The number of ether oxygens (including phenoxy) is 3. The number of methoxy groups -OCH3 is 2. The Morgan fingerprint density at radius 2 is 1.72 bits per heavy atom. The van der Waals surface area contributed by atoms with Crippen LogP contribution in [0, 0.1) is 0 Å². The lowest BCUT2D eigenvalue weighted by molar-refractivity contribution is -0.137. The van der Waals surface area contributed by atoms with E-state index in [1.54, 1.807) is 13.0 Å². The molecule has 1 rings (SSSR count). The van der Waals surface area contributed by atoms with Crippen LogP contribution < -0.4 is 9.47 Å². The SMILES string of the molecule is CCOC(=O)C(=O)c1cc(OC)c(OC)cc1Br. The Bertz CT molecular complexity index is 470. The van der Waals surface area contributed by atoms with Crippen molar-refractivity contribution >= 4 is 27.7 Å². The summed E-state index contributed by atoms with van der Waals surface area (Å²) in [4.78, 5) is 23.2. The molecule has 98 valence electrons. The smallest absolute Gasteiger partial charge is 0.379 e. The van der Waals surface area contributed by atoms with Crippen LogP contribution in [0.25, 0.3) is 0 Å². The van der Waals surface area contributed by atoms with E-state index in [1.807, 2.05) is 0 Å². The Hall–Kier alpha value is -1.56. The van der Waals surface area contributed by atoms with Gasteiger partial charge in [0, 0.05) is 10.0 Å². The molecule has 0 unspecified atom stereocenters. The first-order valence-corrected chi connectivity index (χ1v) is 5.97. The van der Waals surface area contributed by atoms with Crippen molar-refractivity contribution in [3.8, 4) is 11.5 Å². The second-order valence-electron chi connectivity index (χ2n) is 3.24. The number of esters is 1. The van der Waals surface area contributed by atoms with Crippen molar-refractivity contribution in [1.82, 2.24) is 0 Å². The Kier molecular flexibility index (Phi) is 5.15. The van der Waals surface area contributed by atoms with Crippen LogP contribution in [0.3, 0.4) is 0 Å². The minimum absolute atomic E-state index is 0.148. The molecule has 0 spiro atoms. The third-order valence-electron chi connectivity index (χ3n) is 2.18. The van der Waals surface area contributed by atoms with Crippen molar-refractivity contribution in [1.29, 1.82) is 0 Å². The second kappa shape index (κ2) is 6.39. The van der Waals surface area contributed by atoms with Gasteiger partial charge in [-0.25, -0.2) is 4.79 Å². The van der Waals surface area contributed by atoms with E-state index in [1.165, 1.54) is 20.3 Å². The predicted octanol–water partition coefficient (Wildman–Crippen LogP) is 2.21. The zero-order valence-electron chi connectivity index (χ0n) is 10.3. The molecule has 1 aromatic rings. The molecule has 0 saturated carbocycles. The highest BCUT2D eigenvalue weighted by Gasteiger charge is 2.22. The highest BCUT2D eigenvalue weighted by molar-refractivity contribution is 9.10. The van der Waals surface area contributed by atoms with Crippen molar-refractivity contribution in [3.63, 3.8) is 0 Å². The van der Waals surface area contributed by atoms with Crippen molar-refractivity contribution in [2.45, 2.75) is 6.92 Å². The molecule has 0 atom stereocenters. The summed E-state index contributed by atoms with van der Waals surface area (Å²) in [7, 11) is 2.93. The standard InChI is InChI=1S/C12H13BrO5/c1-4-18-12(15)11(14)7-5-9(16-2)10(17-3)6-8(7)13/h5-6H,4H2,1-3H3. The maximum absolute atomic E-state index is 11.8. The lowest BCUT2D eigenvalue weighted by atomic mass is 10.1. The molecule has 0 aliphatic carbocycles. The average molecular weight is 317 g/mol. The van der Waals surface area contributed by atoms with E-state index in [2.05, 4.69) is 20.7 Å². The quantitative estimate of drug-likeness (QED) is 0.473. The van der Waals surface area contributed by atoms with Gasteiger partial charge in [0.05, 0.1) is 20.8 Å². The number of carbonyl (C=O) groups is 2. The van der Waals surface area contributed by atoms with Gasteiger partial charge in [0.25, 0.3) is 5.78 Å². The van der Waals surface area contributed by atoms with Crippen molar-refractivity contribution < 1.29 is 23.8 Å². The molecule has 1 aromatic carbocycles. The maximum atomic E-state index is 11.8. The monoisotopic (exact) mass is 316 g/mol. The number of halogens is 1. The van der Waals surface area contributed by atoms with Gasteiger partial charge < -0.3 is 14.2 Å². The van der Waals surface area contributed by atoms with Gasteiger partial charge in [-0.1, -0.05) is 0 Å². The van der Waals surface area contributed by atoms with E-state index in [-0.39, 0.29) is 12.2 Å². The van der Waals surface area contributed by atoms with E-state index in [9.17, 15) is 9.59 Å². The minimum Gasteiger partial charge on any atom is -0.493 e. The number of carbonyl (C=O) groups excluding carboxylic acids is 2. The molecule has 0 radical (unpaired) electrons. The lowest BCUT2D eigenvalue weighted by Gasteiger charge is -2.10. The van der Waals surface area contributed by atoms with Gasteiger partial charge in [0.2, 0.25) is 0 Å². The molecule has 0 aliphatic rings. The zero-order valence-corrected chi connectivity index (χ0v) is 11.9. The number of hydrogen-bond acceptors (Lipinski definition) is 5. The first-order valence-electron chi connectivity index (χ1n) is 5.18. The first-order chi connectivity index (χ1) is 8.54. The lowest BCUT2D eigenvalue weighted by Crippen LogP contribution is -2.18. The second-order valence-corrected chi connectivity index (χ2v) is 4.09. The topological polar surface area (TPSA) is 61.8 Å². The van der Waals surface area contributed by atoms with Crippen molar-refractivity contribution in [3.05, 3.63) is 22.2 Å². The number of ketones is 1. The summed E-state index contributed by atoms with van der Waals surface area (Å²) in [6.07, 6.45) is 0. The molecule has 0 heterocycles. The van der Waals surface area contributed by atoms with Crippen molar-refractivity contribution in [2.24, 2.45) is 0 Å². The molecule has 0 bridgehead atoms. The number of Topliss-reactive ketones (excluding diaryl/α,β-unsaturated/α-hetero) is 1. The highest BCUT2D eigenvalue weighted by Crippen LogP contribution is 2.33. The van der Waals surface area contributed by atoms with E-state index < -0.39 is 11.8 Å². The molecule has 18 heavy (non-hydrogen) atoms. The Balaban J connectivity index is 3.17. The van der Waals surface area contributed by atoms with Gasteiger partial charge in [-0.3, -0.25) is 4.79 Å². The fraction of sp³-hybridized carbons (Fsp3) is 0.333. The average Bonchev–Trinajstić information content (AvgIpc) is 2.37. The Labute approximate surface area is 113 Å². The Morgan fingerprint density at radius 1 is 1.17 bits per heavy atom. The molecule has 0 amide bonds. The van der Waals surface area contributed by atoms with E-state index in [0.717, 1.165) is 0 Å². The van der Waals surface area contributed by atoms with E-state index >= 15 is 0 Å². The highest BCUT2D eigenvalue weighted by atomic mass is 79.9. The van der Waals surface area contributed by atoms with E-state index in [0.29, 0.717) is 16.0 Å². The molecule has 0 saturated heterocycles. The third-order valence-corrected chi connectivity index (χ3v) is 2.83. The van der Waals surface area contributed by atoms with Crippen LogP contribution in [0.15, 0.2) is 16.6 Å². The number of rotatable bonds is 5. The molecule has 0 aromatic heterocycles. The molecule has 0 aliphatic heterocycles. The van der Waals surface area contributed by atoms with Crippen LogP contribution in [-0.2, 0) is 9.53 Å². The van der Waals surface area contributed by atoms with Crippen LogP contribution in [0.1, 0.15) is 17.3 Å². The molecule has 0 fully saturated rings. The summed E-state index contributed by atoms with van der Waals surface area (Å²) in [5.41, 5.74) is 0.172. The number of benzene rings is 1. The van der Waals surface area contributed by atoms with Gasteiger partial charge in [-0.15, -0.1) is 0 Å². The van der Waals surface area contributed by atoms with Crippen LogP contribution in [-0.4, -0.2) is 32.6 Å². The summed E-state index contributed by atoms with van der Waals surface area (Å²) in [6.45, 7) is 1.78. The summed E-state index contributed by atoms with van der Waals surface area (Å²) in [6, 6.07) is 2.99. The molecule has 6 heteroatoms. The summed E-state index contributed by atoms with van der Waals surface area (Å²) in [5.74, 6) is -0.798. The minimum atomic E-state index is -0.898. The summed E-state index contributed by atoms with van der Waals surface area (Å²) >= 11 is 3.21. The summed E-state index contributed by atoms with van der Waals surface area (Å²) < 4.78 is 15.3. The number of hydrogen-bond donors (Lipinski definition) is 0. The van der Waals surface area contributed by atoms with Crippen LogP contribution in [0.2, 0.25) is 0 Å². The van der Waals surface area contributed by atoms with Gasteiger partial charge >= 0.3 is 5.97 Å². The summed E-state index contributed by atoms with van der Waals surface area (Å²) in [5, 5.41) is 0. The van der Waals surface area contributed by atoms with Crippen LogP contribution >= 0.6 is 15.9 Å². The Morgan fingerprint density at radius 3 is 2.22 bits per heavy atom. The maximum Gasteiger partial charge on any atom is 0.379 e.